The van der Waals surface area contributed by atoms with E-state index in [4.69, 9.17) is 5.11 Å². The van der Waals surface area contributed by atoms with Gasteiger partial charge in [-0.25, -0.2) is 0 Å². The zero-order valence-electron chi connectivity index (χ0n) is 13.1. The number of carboxylic acid groups (broad SMARTS) is 1. The largest absolute Gasteiger partial charge is 0.480 e. The highest BCUT2D eigenvalue weighted by Crippen LogP contribution is 2.32. The summed E-state index contributed by atoms with van der Waals surface area (Å²) in [6, 6.07) is 0.750. The Bertz CT molecular complexity index is 312. The molecule has 2 unspecified atom stereocenters. The first-order valence-electron chi connectivity index (χ1n) is 8.22. The monoisotopic (exact) mass is 282 g/mol. The molecule has 2 atom stereocenters. The second-order valence-corrected chi connectivity index (χ2v) is 7.02. The molecule has 1 heterocycles. The number of piperazine rings is 1. The first kappa shape index (κ1) is 15.8. The summed E-state index contributed by atoms with van der Waals surface area (Å²) in [7, 11) is 0. The lowest BCUT2D eigenvalue weighted by Gasteiger charge is -2.42. The van der Waals surface area contributed by atoms with Crippen molar-refractivity contribution in [2.24, 2.45) is 11.8 Å². The normalized spacial score (nSPS) is 29.8. The van der Waals surface area contributed by atoms with Crippen molar-refractivity contribution < 1.29 is 9.90 Å². The SMILES string of the molecule is CC(C)CC1CCCC(N2CCN(CC(=O)O)CC2)C1. The van der Waals surface area contributed by atoms with Crippen LogP contribution in [0.3, 0.4) is 0 Å². The Morgan fingerprint density at radius 2 is 1.90 bits per heavy atom. The maximum absolute atomic E-state index is 10.7. The second kappa shape index (κ2) is 7.41. The molecular weight excluding hydrogens is 252 g/mol. The van der Waals surface area contributed by atoms with E-state index in [1.54, 1.807) is 0 Å². The Morgan fingerprint density at radius 1 is 1.20 bits per heavy atom. The summed E-state index contributed by atoms with van der Waals surface area (Å²) < 4.78 is 0. The van der Waals surface area contributed by atoms with Crippen LogP contribution in [0.1, 0.15) is 46.0 Å². The second-order valence-electron chi connectivity index (χ2n) is 7.02. The van der Waals surface area contributed by atoms with Gasteiger partial charge in [0.2, 0.25) is 0 Å². The van der Waals surface area contributed by atoms with Gasteiger partial charge in [-0.15, -0.1) is 0 Å². The number of rotatable bonds is 5. The number of carboxylic acids is 1. The molecule has 20 heavy (non-hydrogen) atoms. The molecule has 0 amide bonds. The van der Waals surface area contributed by atoms with Gasteiger partial charge in [0.15, 0.2) is 0 Å². The van der Waals surface area contributed by atoms with Crippen LogP contribution >= 0.6 is 0 Å². The quantitative estimate of drug-likeness (QED) is 0.840. The van der Waals surface area contributed by atoms with Crippen LogP contribution in [-0.2, 0) is 4.79 Å². The van der Waals surface area contributed by atoms with E-state index in [2.05, 4.69) is 23.6 Å². The van der Waals surface area contributed by atoms with Gasteiger partial charge in [-0.3, -0.25) is 14.6 Å². The molecule has 4 heteroatoms. The number of nitrogens with zero attached hydrogens (tertiary/aromatic N) is 2. The van der Waals surface area contributed by atoms with Gasteiger partial charge in [0.25, 0.3) is 0 Å². The van der Waals surface area contributed by atoms with Crippen molar-refractivity contribution in [2.75, 3.05) is 32.7 Å². The van der Waals surface area contributed by atoms with E-state index < -0.39 is 5.97 Å². The fourth-order valence-corrected chi connectivity index (χ4v) is 3.95. The number of hydrogen-bond acceptors (Lipinski definition) is 3. The molecular formula is C16H30N2O2. The van der Waals surface area contributed by atoms with Crippen molar-refractivity contribution in [2.45, 2.75) is 52.0 Å². The molecule has 2 fully saturated rings. The fraction of sp³-hybridized carbons (Fsp3) is 0.938. The van der Waals surface area contributed by atoms with Crippen LogP contribution in [0.15, 0.2) is 0 Å². The summed E-state index contributed by atoms with van der Waals surface area (Å²) >= 11 is 0. The third-order valence-corrected chi connectivity index (χ3v) is 4.84. The number of hydrogen-bond donors (Lipinski definition) is 1. The fourth-order valence-electron chi connectivity index (χ4n) is 3.95. The van der Waals surface area contributed by atoms with Crippen molar-refractivity contribution in [1.82, 2.24) is 9.80 Å². The summed E-state index contributed by atoms with van der Waals surface area (Å²) in [6.45, 7) is 8.78. The smallest absolute Gasteiger partial charge is 0.317 e. The average Bonchev–Trinajstić information content (AvgIpc) is 2.38. The maximum Gasteiger partial charge on any atom is 0.317 e. The van der Waals surface area contributed by atoms with Crippen molar-refractivity contribution in [1.29, 1.82) is 0 Å². The van der Waals surface area contributed by atoms with Crippen LogP contribution < -0.4 is 0 Å². The Balaban J connectivity index is 1.76. The molecule has 4 nitrogen and oxygen atoms in total. The van der Waals surface area contributed by atoms with E-state index in [1.165, 1.54) is 32.1 Å². The van der Waals surface area contributed by atoms with Crippen LogP contribution in [0.2, 0.25) is 0 Å². The lowest BCUT2D eigenvalue weighted by Crippen LogP contribution is -2.52. The van der Waals surface area contributed by atoms with E-state index >= 15 is 0 Å². The zero-order chi connectivity index (χ0) is 14.5. The van der Waals surface area contributed by atoms with Gasteiger partial charge in [-0.05, 0) is 31.1 Å². The minimum Gasteiger partial charge on any atom is -0.480 e. The first-order valence-corrected chi connectivity index (χ1v) is 8.22. The van der Waals surface area contributed by atoms with E-state index in [0.717, 1.165) is 44.1 Å². The summed E-state index contributed by atoms with van der Waals surface area (Å²) in [5.41, 5.74) is 0. The Kier molecular flexibility index (Phi) is 5.85. The van der Waals surface area contributed by atoms with Crippen molar-refractivity contribution in [3.8, 4) is 0 Å². The topological polar surface area (TPSA) is 43.8 Å². The summed E-state index contributed by atoms with van der Waals surface area (Å²) in [5, 5.41) is 8.84. The van der Waals surface area contributed by atoms with E-state index in [-0.39, 0.29) is 6.54 Å². The standard InChI is InChI=1S/C16H30N2O2/c1-13(2)10-14-4-3-5-15(11-14)18-8-6-17(7-9-18)12-16(19)20/h13-15H,3-12H2,1-2H3,(H,19,20). The molecule has 0 aromatic rings. The summed E-state index contributed by atoms with van der Waals surface area (Å²) in [4.78, 5) is 15.4. The molecule has 1 aliphatic heterocycles. The minimum absolute atomic E-state index is 0.203. The highest BCUT2D eigenvalue weighted by Gasteiger charge is 2.29. The average molecular weight is 282 g/mol. The van der Waals surface area contributed by atoms with Crippen LogP contribution in [0.25, 0.3) is 0 Å². The highest BCUT2D eigenvalue weighted by atomic mass is 16.4. The molecule has 0 aromatic carbocycles. The molecule has 0 bridgehead atoms. The lowest BCUT2D eigenvalue weighted by molar-refractivity contribution is -0.138. The molecule has 2 aliphatic rings. The van der Waals surface area contributed by atoms with Crippen molar-refractivity contribution >= 4 is 5.97 Å². The predicted octanol–water partition coefficient (Wildman–Crippen LogP) is 2.29. The van der Waals surface area contributed by atoms with E-state index in [1.807, 2.05) is 0 Å². The predicted molar refractivity (Wildman–Crippen MR) is 80.8 cm³/mol. The van der Waals surface area contributed by atoms with Gasteiger partial charge in [0.1, 0.15) is 0 Å². The molecule has 1 N–H and O–H groups in total. The Labute approximate surface area is 123 Å². The van der Waals surface area contributed by atoms with Gasteiger partial charge in [-0.2, -0.15) is 0 Å². The number of carbonyl (C=O) groups is 1. The molecule has 1 saturated heterocycles. The van der Waals surface area contributed by atoms with Gasteiger partial charge in [-0.1, -0.05) is 26.7 Å². The molecule has 2 rings (SSSR count). The molecule has 0 aromatic heterocycles. The van der Waals surface area contributed by atoms with Gasteiger partial charge >= 0.3 is 5.97 Å². The van der Waals surface area contributed by atoms with Crippen molar-refractivity contribution in [3.63, 3.8) is 0 Å². The minimum atomic E-state index is -0.701. The third kappa shape index (κ3) is 4.74. The highest BCUT2D eigenvalue weighted by molar-refractivity contribution is 5.69. The maximum atomic E-state index is 10.7. The summed E-state index contributed by atoms with van der Waals surface area (Å²) in [5.74, 6) is 1.02. The van der Waals surface area contributed by atoms with Crippen LogP contribution in [0, 0.1) is 11.8 Å². The van der Waals surface area contributed by atoms with E-state index in [9.17, 15) is 4.79 Å². The molecule has 116 valence electrons. The molecule has 0 spiro atoms. The Hall–Kier alpha value is -0.610. The van der Waals surface area contributed by atoms with E-state index in [0.29, 0.717) is 0 Å². The van der Waals surface area contributed by atoms with Gasteiger partial charge in [0.05, 0.1) is 6.54 Å². The third-order valence-electron chi connectivity index (χ3n) is 4.84. The van der Waals surface area contributed by atoms with Crippen LogP contribution in [0.5, 0.6) is 0 Å². The van der Waals surface area contributed by atoms with Crippen LogP contribution in [-0.4, -0.2) is 59.6 Å². The molecule has 0 radical (unpaired) electrons. The Morgan fingerprint density at radius 3 is 2.50 bits per heavy atom. The lowest BCUT2D eigenvalue weighted by atomic mass is 9.80. The molecule has 1 aliphatic carbocycles. The van der Waals surface area contributed by atoms with Gasteiger partial charge < -0.3 is 5.11 Å². The zero-order valence-corrected chi connectivity index (χ0v) is 13.1. The van der Waals surface area contributed by atoms with Crippen LogP contribution in [0.4, 0.5) is 0 Å². The first-order chi connectivity index (χ1) is 9.54. The number of aliphatic carboxylic acids is 1. The molecule has 1 saturated carbocycles. The van der Waals surface area contributed by atoms with Crippen molar-refractivity contribution in [3.05, 3.63) is 0 Å². The summed E-state index contributed by atoms with van der Waals surface area (Å²) in [6.07, 6.45) is 6.85. The van der Waals surface area contributed by atoms with Gasteiger partial charge in [0, 0.05) is 32.2 Å².